The smallest absolute Gasteiger partial charge is 0.115 e. The number of hydrogen-bond donors (Lipinski definition) is 2. The molecule has 0 spiro atoms. The number of rotatable bonds is 3. The van der Waals surface area contributed by atoms with E-state index in [1.807, 2.05) is 13.2 Å². The molecule has 1 aromatic heterocycles. The highest BCUT2D eigenvalue weighted by Gasteiger charge is 2.20. The molecule has 0 radical (unpaired) electrons. The van der Waals surface area contributed by atoms with E-state index in [1.54, 1.807) is 10.9 Å². The second-order valence-electron chi connectivity index (χ2n) is 3.29. The van der Waals surface area contributed by atoms with E-state index in [-0.39, 0.29) is 6.04 Å². The summed E-state index contributed by atoms with van der Waals surface area (Å²) in [5.41, 5.74) is 3.74. The monoisotopic (exact) mass is 194 g/mol. The number of hydrogen-bond acceptors (Lipinski definition) is 4. The van der Waals surface area contributed by atoms with Gasteiger partial charge in [0.15, 0.2) is 0 Å². The Morgan fingerprint density at radius 2 is 2.57 bits per heavy atom. The quantitative estimate of drug-likeness (QED) is 0.534. The number of nitrogens with zero attached hydrogens (tertiary/aromatic N) is 2. The van der Waals surface area contributed by atoms with E-state index < -0.39 is 0 Å². The van der Waals surface area contributed by atoms with Crippen molar-refractivity contribution >= 4 is 0 Å². The third-order valence-corrected chi connectivity index (χ3v) is 2.24. The molecule has 2 rings (SSSR count). The Hall–Kier alpha value is -1.33. The fraction of sp³-hybridized carbons (Fsp3) is 0.444. The fourth-order valence-corrected chi connectivity index (χ4v) is 1.57. The van der Waals surface area contributed by atoms with Crippen molar-refractivity contribution in [2.45, 2.75) is 12.5 Å². The van der Waals surface area contributed by atoms with E-state index in [4.69, 9.17) is 10.6 Å². The Kier molecular flexibility index (Phi) is 2.51. The zero-order valence-corrected chi connectivity index (χ0v) is 8.10. The maximum Gasteiger partial charge on any atom is 0.115 e. The van der Waals surface area contributed by atoms with Gasteiger partial charge in [-0.15, -0.1) is 0 Å². The number of aromatic nitrogens is 2. The van der Waals surface area contributed by atoms with Gasteiger partial charge in [-0.1, -0.05) is 0 Å². The highest BCUT2D eigenvalue weighted by Crippen LogP contribution is 2.24. The molecule has 1 aliphatic heterocycles. The molecule has 1 aliphatic rings. The molecule has 0 aromatic carbocycles. The summed E-state index contributed by atoms with van der Waals surface area (Å²) in [6.07, 6.45) is 6.71. The van der Waals surface area contributed by atoms with Crippen LogP contribution >= 0.6 is 0 Å². The second kappa shape index (κ2) is 3.81. The molecule has 0 saturated carbocycles. The first-order chi connectivity index (χ1) is 6.81. The normalized spacial score (nSPS) is 17.7. The Bertz CT molecular complexity index is 344. The second-order valence-corrected chi connectivity index (χ2v) is 3.29. The summed E-state index contributed by atoms with van der Waals surface area (Å²) in [7, 11) is 1.88. The van der Waals surface area contributed by atoms with Crippen molar-refractivity contribution in [2.75, 3.05) is 6.61 Å². The average Bonchev–Trinajstić information content (AvgIpc) is 2.79. The average molecular weight is 194 g/mol. The highest BCUT2D eigenvalue weighted by atomic mass is 16.5. The summed E-state index contributed by atoms with van der Waals surface area (Å²) in [5.74, 6) is 6.38. The van der Waals surface area contributed by atoms with Gasteiger partial charge in [-0.25, -0.2) is 5.43 Å². The Balaban J connectivity index is 2.20. The number of ether oxygens (including phenoxy) is 1. The van der Waals surface area contributed by atoms with Gasteiger partial charge in [0, 0.05) is 25.2 Å². The lowest BCUT2D eigenvalue weighted by atomic mass is 10.1. The van der Waals surface area contributed by atoms with Gasteiger partial charge in [-0.05, 0) is 6.08 Å². The minimum atomic E-state index is -0.0776. The molecule has 5 heteroatoms. The van der Waals surface area contributed by atoms with Crippen molar-refractivity contribution in [2.24, 2.45) is 12.9 Å². The third-order valence-electron chi connectivity index (χ3n) is 2.24. The fourth-order valence-electron chi connectivity index (χ4n) is 1.57. The van der Waals surface area contributed by atoms with Crippen molar-refractivity contribution in [3.63, 3.8) is 0 Å². The molecule has 1 unspecified atom stereocenters. The zero-order valence-electron chi connectivity index (χ0n) is 8.10. The minimum absolute atomic E-state index is 0.0776. The lowest BCUT2D eigenvalue weighted by Crippen LogP contribution is -2.29. The van der Waals surface area contributed by atoms with Crippen LogP contribution in [0.25, 0.3) is 0 Å². The van der Waals surface area contributed by atoms with Crippen molar-refractivity contribution in [1.29, 1.82) is 0 Å². The third kappa shape index (κ3) is 1.64. The molecule has 5 nitrogen and oxygen atoms in total. The van der Waals surface area contributed by atoms with Crippen LogP contribution in [0.3, 0.4) is 0 Å². The van der Waals surface area contributed by atoms with Crippen LogP contribution in [-0.4, -0.2) is 16.4 Å². The van der Waals surface area contributed by atoms with E-state index in [9.17, 15) is 0 Å². The van der Waals surface area contributed by atoms with Crippen LogP contribution in [0.4, 0.5) is 0 Å². The molecular formula is C9H14N4O. The van der Waals surface area contributed by atoms with Crippen LogP contribution in [0, 0.1) is 0 Å². The molecule has 2 heterocycles. The first-order valence-electron chi connectivity index (χ1n) is 4.59. The maximum atomic E-state index is 5.49. The van der Waals surface area contributed by atoms with Crippen molar-refractivity contribution in [1.82, 2.24) is 15.2 Å². The number of aryl methyl sites for hydroxylation is 1. The Morgan fingerprint density at radius 3 is 3.07 bits per heavy atom. The van der Waals surface area contributed by atoms with Gasteiger partial charge in [0.1, 0.15) is 11.8 Å². The summed E-state index contributed by atoms with van der Waals surface area (Å²) in [6, 6.07) is -0.0776. The van der Waals surface area contributed by atoms with Crippen LogP contribution in [-0.2, 0) is 11.8 Å². The molecule has 1 aromatic rings. The number of hydrazine groups is 1. The van der Waals surface area contributed by atoms with Gasteiger partial charge in [-0.2, -0.15) is 5.10 Å². The van der Waals surface area contributed by atoms with E-state index >= 15 is 0 Å². The van der Waals surface area contributed by atoms with Gasteiger partial charge in [0.05, 0.1) is 12.8 Å². The van der Waals surface area contributed by atoms with Crippen LogP contribution in [0.5, 0.6) is 0 Å². The summed E-state index contributed by atoms with van der Waals surface area (Å²) in [4.78, 5) is 0. The van der Waals surface area contributed by atoms with E-state index in [1.165, 1.54) is 0 Å². The van der Waals surface area contributed by atoms with Gasteiger partial charge < -0.3 is 4.74 Å². The lowest BCUT2D eigenvalue weighted by Gasteiger charge is -2.15. The predicted molar refractivity (Wildman–Crippen MR) is 51.9 cm³/mol. The molecule has 0 aliphatic carbocycles. The maximum absolute atomic E-state index is 5.49. The van der Waals surface area contributed by atoms with E-state index in [0.29, 0.717) is 0 Å². The van der Waals surface area contributed by atoms with Gasteiger partial charge in [-0.3, -0.25) is 10.5 Å². The standard InChI is InChI=1S/C9H14N4O/c1-13-6-7(5-11-13)9(12-10)8-3-2-4-14-8/h3,5-6,9,12H,2,4,10H2,1H3. The van der Waals surface area contributed by atoms with Crippen molar-refractivity contribution in [3.8, 4) is 0 Å². The Morgan fingerprint density at radius 1 is 1.71 bits per heavy atom. The lowest BCUT2D eigenvalue weighted by molar-refractivity contribution is 0.215. The van der Waals surface area contributed by atoms with Crippen LogP contribution in [0.1, 0.15) is 18.0 Å². The number of nitrogens with one attached hydrogen (secondary N) is 1. The summed E-state index contributed by atoms with van der Waals surface area (Å²) in [5, 5.41) is 4.10. The molecular weight excluding hydrogens is 180 g/mol. The summed E-state index contributed by atoms with van der Waals surface area (Å²) >= 11 is 0. The van der Waals surface area contributed by atoms with E-state index in [0.717, 1.165) is 24.4 Å². The SMILES string of the molecule is Cn1cc(C(NN)C2=CCCO2)cn1. The molecule has 0 amide bonds. The largest absolute Gasteiger partial charge is 0.496 e. The molecule has 14 heavy (non-hydrogen) atoms. The predicted octanol–water partition coefficient (Wildman–Crippen LogP) is 0.229. The minimum Gasteiger partial charge on any atom is -0.496 e. The molecule has 0 saturated heterocycles. The van der Waals surface area contributed by atoms with Crippen LogP contribution in [0.15, 0.2) is 24.2 Å². The first kappa shape index (κ1) is 9.23. The highest BCUT2D eigenvalue weighted by molar-refractivity contribution is 5.21. The van der Waals surface area contributed by atoms with Crippen molar-refractivity contribution < 1.29 is 4.74 Å². The van der Waals surface area contributed by atoms with Crippen LogP contribution in [0.2, 0.25) is 0 Å². The molecule has 1 atom stereocenters. The van der Waals surface area contributed by atoms with E-state index in [2.05, 4.69) is 16.6 Å². The topological polar surface area (TPSA) is 65.1 Å². The number of nitrogens with two attached hydrogens (primary N) is 1. The first-order valence-corrected chi connectivity index (χ1v) is 4.59. The zero-order chi connectivity index (χ0) is 9.97. The van der Waals surface area contributed by atoms with Crippen LogP contribution < -0.4 is 11.3 Å². The van der Waals surface area contributed by atoms with Gasteiger partial charge >= 0.3 is 0 Å². The van der Waals surface area contributed by atoms with Crippen molar-refractivity contribution in [3.05, 3.63) is 29.8 Å². The van der Waals surface area contributed by atoms with Gasteiger partial charge in [0.2, 0.25) is 0 Å². The summed E-state index contributed by atoms with van der Waals surface area (Å²) in [6.45, 7) is 0.744. The molecule has 0 bridgehead atoms. The molecule has 3 N–H and O–H groups in total. The Labute approximate surface area is 82.5 Å². The summed E-state index contributed by atoms with van der Waals surface area (Å²) < 4.78 is 7.20. The molecule has 0 fully saturated rings. The van der Waals surface area contributed by atoms with Gasteiger partial charge in [0.25, 0.3) is 0 Å². The molecule has 76 valence electrons.